The van der Waals surface area contributed by atoms with Crippen LogP contribution in [0, 0.1) is 5.82 Å². The van der Waals surface area contributed by atoms with Gasteiger partial charge in [0.25, 0.3) is 0 Å². The van der Waals surface area contributed by atoms with Crippen molar-refractivity contribution in [3.63, 3.8) is 0 Å². The summed E-state index contributed by atoms with van der Waals surface area (Å²) in [6.45, 7) is 0.00190. The molecule has 1 atom stereocenters. The number of carbonyl (C=O) groups excluding carboxylic acids is 1. The number of anilines is 1. The van der Waals surface area contributed by atoms with Crippen LogP contribution in [0.4, 0.5) is 14.9 Å². The summed E-state index contributed by atoms with van der Waals surface area (Å²) in [5.41, 5.74) is 0.710. The highest BCUT2D eigenvalue weighted by Gasteiger charge is 2.10. The topological polar surface area (TPSA) is 61.4 Å². The minimum atomic E-state index is -0.867. The van der Waals surface area contributed by atoms with E-state index in [4.69, 9.17) is 11.6 Å². The quantitative estimate of drug-likeness (QED) is 0.811. The SMILES string of the molecule is O=C(NC[C@H](O)c1ccc(Cl)cc1)Nc1ccccc1F. The molecule has 0 aliphatic rings. The molecule has 0 saturated heterocycles. The third-order valence-electron chi connectivity index (χ3n) is 2.83. The highest BCUT2D eigenvalue weighted by molar-refractivity contribution is 6.30. The van der Waals surface area contributed by atoms with E-state index in [1.54, 1.807) is 30.3 Å². The summed E-state index contributed by atoms with van der Waals surface area (Å²) in [4.78, 5) is 11.6. The average molecular weight is 309 g/mol. The van der Waals surface area contributed by atoms with Crippen LogP contribution < -0.4 is 10.6 Å². The molecule has 0 radical (unpaired) electrons. The fraction of sp³-hybridized carbons (Fsp3) is 0.133. The van der Waals surface area contributed by atoms with Gasteiger partial charge in [0, 0.05) is 11.6 Å². The molecule has 110 valence electrons. The van der Waals surface area contributed by atoms with Crippen LogP contribution in [0.15, 0.2) is 48.5 Å². The van der Waals surface area contributed by atoms with Crippen LogP contribution >= 0.6 is 11.6 Å². The maximum absolute atomic E-state index is 13.3. The van der Waals surface area contributed by atoms with E-state index in [1.165, 1.54) is 18.2 Å². The van der Waals surface area contributed by atoms with E-state index in [9.17, 15) is 14.3 Å². The van der Waals surface area contributed by atoms with Gasteiger partial charge in [-0.25, -0.2) is 9.18 Å². The van der Waals surface area contributed by atoms with E-state index < -0.39 is 18.0 Å². The number of rotatable bonds is 4. The van der Waals surface area contributed by atoms with E-state index in [2.05, 4.69) is 10.6 Å². The predicted octanol–water partition coefficient (Wildman–Crippen LogP) is 3.33. The number of aliphatic hydroxyl groups is 1. The Labute approximate surface area is 126 Å². The number of halogens is 2. The van der Waals surface area contributed by atoms with Gasteiger partial charge in [-0.05, 0) is 29.8 Å². The molecule has 3 N–H and O–H groups in total. The number of carbonyl (C=O) groups is 1. The normalized spacial score (nSPS) is 11.8. The largest absolute Gasteiger partial charge is 0.387 e. The van der Waals surface area contributed by atoms with E-state index in [0.29, 0.717) is 10.6 Å². The highest BCUT2D eigenvalue weighted by Crippen LogP contribution is 2.16. The summed E-state index contributed by atoms with van der Waals surface area (Å²) < 4.78 is 13.3. The van der Waals surface area contributed by atoms with Gasteiger partial charge in [-0.15, -0.1) is 0 Å². The van der Waals surface area contributed by atoms with Gasteiger partial charge in [-0.2, -0.15) is 0 Å². The summed E-state index contributed by atoms with van der Waals surface area (Å²) >= 11 is 5.75. The fourth-order valence-corrected chi connectivity index (χ4v) is 1.85. The molecule has 2 rings (SSSR count). The second-order valence-electron chi connectivity index (χ2n) is 4.38. The first-order valence-corrected chi connectivity index (χ1v) is 6.67. The first-order chi connectivity index (χ1) is 10.1. The minimum absolute atomic E-state index is 0.00190. The Balaban J connectivity index is 1.86. The number of hydrogen-bond acceptors (Lipinski definition) is 2. The molecule has 0 aromatic heterocycles. The molecule has 0 saturated carbocycles. The number of urea groups is 1. The van der Waals surface area contributed by atoms with E-state index in [-0.39, 0.29) is 12.2 Å². The molecule has 0 aliphatic heterocycles. The molecule has 0 spiro atoms. The van der Waals surface area contributed by atoms with Crippen LogP contribution in [0.1, 0.15) is 11.7 Å². The third kappa shape index (κ3) is 4.44. The van der Waals surface area contributed by atoms with Gasteiger partial charge in [0.2, 0.25) is 0 Å². The van der Waals surface area contributed by atoms with Crippen molar-refractivity contribution in [3.05, 3.63) is 64.9 Å². The third-order valence-corrected chi connectivity index (χ3v) is 3.08. The summed E-state index contributed by atoms with van der Waals surface area (Å²) in [6, 6.07) is 11.9. The molecular weight excluding hydrogens is 295 g/mol. The average Bonchev–Trinajstić information content (AvgIpc) is 2.48. The lowest BCUT2D eigenvalue weighted by Crippen LogP contribution is -2.32. The van der Waals surface area contributed by atoms with Gasteiger partial charge in [0.15, 0.2) is 0 Å². The molecule has 0 unspecified atom stereocenters. The van der Waals surface area contributed by atoms with Crippen molar-refractivity contribution in [2.24, 2.45) is 0 Å². The second kappa shape index (κ2) is 7.06. The Morgan fingerprint density at radius 3 is 2.52 bits per heavy atom. The van der Waals surface area contributed by atoms with Crippen molar-refractivity contribution in [1.82, 2.24) is 5.32 Å². The van der Waals surface area contributed by atoms with Crippen LogP contribution in [0.25, 0.3) is 0 Å². The molecule has 0 aliphatic carbocycles. The van der Waals surface area contributed by atoms with Crippen molar-refractivity contribution < 1.29 is 14.3 Å². The number of nitrogens with one attached hydrogen (secondary N) is 2. The lowest BCUT2D eigenvalue weighted by atomic mass is 10.1. The summed E-state index contributed by atoms with van der Waals surface area (Å²) in [7, 11) is 0. The molecular formula is C15H14ClFN2O2. The van der Waals surface area contributed by atoms with Crippen molar-refractivity contribution in [3.8, 4) is 0 Å². The van der Waals surface area contributed by atoms with Crippen molar-refractivity contribution >= 4 is 23.3 Å². The minimum Gasteiger partial charge on any atom is -0.387 e. The van der Waals surface area contributed by atoms with Crippen molar-refractivity contribution in [1.29, 1.82) is 0 Å². The zero-order chi connectivity index (χ0) is 15.2. The first kappa shape index (κ1) is 15.3. The van der Waals surface area contributed by atoms with E-state index in [0.717, 1.165) is 0 Å². The van der Waals surface area contributed by atoms with E-state index >= 15 is 0 Å². The molecule has 0 heterocycles. The number of hydrogen-bond donors (Lipinski definition) is 3. The van der Waals surface area contributed by atoms with Crippen LogP contribution in [0.2, 0.25) is 5.02 Å². The Morgan fingerprint density at radius 2 is 1.86 bits per heavy atom. The molecule has 2 aromatic rings. The first-order valence-electron chi connectivity index (χ1n) is 6.29. The summed E-state index contributed by atoms with van der Waals surface area (Å²) in [5, 5.41) is 15.3. The van der Waals surface area contributed by atoms with Gasteiger partial charge in [-0.1, -0.05) is 35.9 Å². The predicted molar refractivity (Wildman–Crippen MR) is 79.8 cm³/mol. The zero-order valence-electron chi connectivity index (χ0n) is 11.0. The number of aliphatic hydroxyl groups excluding tert-OH is 1. The molecule has 0 bridgehead atoms. The lowest BCUT2D eigenvalue weighted by molar-refractivity contribution is 0.175. The molecule has 4 nitrogen and oxygen atoms in total. The number of para-hydroxylation sites is 1. The second-order valence-corrected chi connectivity index (χ2v) is 4.82. The molecule has 21 heavy (non-hydrogen) atoms. The fourth-order valence-electron chi connectivity index (χ4n) is 1.72. The van der Waals surface area contributed by atoms with Crippen LogP contribution in [0.5, 0.6) is 0 Å². The van der Waals surface area contributed by atoms with Gasteiger partial charge >= 0.3 is 6.03 Å². The van der Waals surface area contributed by atoms with E-state index in [1.807, 2.05) is 0 Å². The van der Waals surface area contributed by atoms with Gasteiger partial charge in [-0.3, -0.25) is 0 Å². The zero-order valence-corrected chi connectivity index (χ0v) is 11.8. The van der Waals surface area contributed by atoms with Crippen LogP contribution in [-0.2, 0) is 0 Å². The molecule has 0 fully saturated rings. The van der Waals surface area contributed by atoms with Gasteiger partial charge in [0.1, 0.15) is 5.82 Å². The molecule has 2 aromatic carbocycles. The molecule has 2 amide bonds. The lowest BCUT2D eigenvalue weighted by Gasteiger charge is -2.13. The molecule has 6 heteroatoms. The van der Waals surface area contributed by atoms with Crippen molar-refractivity contribution in [2.75, 3.05) is 11.9 Å². The monoisotopic (exact) mass is 308 g/mol. The number of benzene rings is 2. The maximum Gasteiger partial charge on any atom is 0.319 e. The standard InChI is InChI=1S/C15H14ClFN2O2/c16-11-7-5-10(6-8-11)14(20)9-18-15(21)19-13-4-2-1-3-12(13)17/h1-8,14,20H,9H2,(H2,18,19,21)/t14-/m0/s1. The van der Waals surface area contributed by atoms with Gasteiger partial charge < -0.3 is 15.7 Å². The Morgan fingerprint density at radius 1 is 1.19 bits per heavy atom. The Hall–Kier alpha value is -2.11. The van der Waals surface area contributed by atoms with Crippen LogP contribution in [-0.4, -0.2) is 17.7 Å². The summed E-state index contributed by atoms with van der Waals surface area (Å²) in [6.07, 6.45) is -0.867. The van der Waals surface area contributed by atoms with Gasteiger partial charge in [0.05, 0.1) is 11.8 Å². The highest BCUT2D eigenvalue weighted by atomic mass is 35.5. The number of amides is 2. The summed E-state index contributed by atoms with van der Waals surface area (Å²) in [5.74, 6) is -0.522. The van der Waals surface area contributed by atoms with Crippen LogP contribution in [0.3, 0.4) is 0 Å². The van der Waals surface area contributed by atoms with Crippen molar-refractivity contribution in [2.45, 2.75) is 6.10 Å². The Kier molecular flexibility index (Phi) is 5.14. The Bertz CT molecular complexity index is 619. The maximum atomic E-state index is 13.3. The smallest absolute Gasteiger partial charge is 0.319 e.